The number of benzene rings is 2. The zero-order valence-electron chi connectivity index (χ0n) is 15.8. The van der Waals surface area contributed by atoms with Crippen LogP contribution in [-0.2, 0) is 0 Å². The molecule has 0 spiro atoms. The molecule has 4 nitrogen and oxygen atoms in total. The van der Waals surface area contributed by atoms with Gasteiger partial charge < -0.3 is 27.9 Å². The first-order chi connectivity index (χ1) is 12.0. The smallest absolute Gasteiger partial charge is 0.323 e. The highest BCUT2D eigenvalue weighted by atomic mass is 35.5. The van der Waals surface area contributed by atoms with Crippen molar-refractivity contribution in [1.82, 2.24) is 5.32 Å². The van der Waals surface area contributed by atoms with E-state index in [2.05, 4.69) is 35.4 Å². The number of urea groups is 1. The molecule has 0 saturated heterocycles. The summed E-state index contributed by atoms with van der Waals surface area (Å²) in [6.45, 7) is 10.3. The Morgan fingerprint density at radius 3 is 2.35 bits per heavy atom. The molecule has 0 unspecified atom stereocenters. The van der Waals surface area contributed by atoms with Crippen LogP contribution < -0.4 is 27.9 Å². The Bertz CT molecular complexity index is 755. The number of carbonyl (C=O) groups excluding carboxylic acids is 1. The van der Waals surface area contributed by atoms with Crippen LogP contribution in [0.25, 0.3) is 6.08 Å². The molecule has 2 aromatic rings. The average molecular weight is 373 g/mol. The first kappa shape index (κ1) is 21.6. The first-order valence-electron chi connectivity index (χ1n) is 8.70. The van der Waals surface area contributed by atoms with Gasteiger partial charge in [-0.3, -0.25) is 0 Å². The second-order valence-corrected chi connectivity index (χ2v) is 5.96. The zero-order valence-corrected chi connectivity index (χ0v) is 16.6. The molecule has 0 aliphatic carbocycles. The molecule has 2 rings (SSSR count). The zero-order chi connectivity index (χ0) is 18.2. The molecule has 0 heterocycles. The van der Waals surface area contributed by atoms with Gasteiger partial charge in [0.2, 0.25) is 0 Å². The van der Waals surface area contributed by atoms with Crippen molar-refractivity contribution >= 4 is 23.5 Å². The maximum atomic E-state index is 12.1. The summed E-state index contributed by atoms with van der Waals surface area (Å²) in [5, 5.41) is 5.65. The van der Waals surface area contributed by atoms with Crippen molar-refractivity contribution in [2.24, 2.45) is 0 Å². The van der Waals surface area contributed by atoms with Crippen LogP contribution in [0.4, 0.5) is 16.2 Å². The Morgan fingerprint density at radius 2 is 1.73 bits per heavy atom. The fourth-order valence-corrected chi connectivity index (χ4v) is 2.71. The fraction of sp³-hybridized carbons (Fsp3) is 0.286. The van der Waals surface area contributed by atoms with Gasteiger partial charge in [0, 0.05) is 30.7 Å². The third-order valence-corrected chi connectivity index (χ3v) is 4.25. The van der Waals surface area contributed by atoms with Crippen LogP contribution in [0.3, 0.4) is 0 Å². The Kier molecular flexibility index (Phi) is 8.73. The van der Waals surface area contributed by atoms with Crippen molar-refractivity contribution in [3.8, 4) is 0 Å². The second kappa shape index (κ2) is 10.5. The molecule has 0 saturated carbocycles. The third-order valence-electron chi connectivity index (χ3n) is 4.25. The summed E-state index contributed by atoms with van der Waals surface area (Å²) >= 11 is 0. The van der Waals surface area contributed by atoms with Gasteiger partial charge in [-0.2, -0.15) is 0 Å². The molecule has 140 valence electrons. The van der Waals surface area contributed by atoms with E-state index in [4.69, 9.17) is 0 Å². The van der Waals surface area contributed by atoms with Gasteiger partial charge >= 0.3 is 6.03 Å². The van der Waals surface area contributed by atoms with E-state index in [1.807, 2.05) is 56.3 Å². The number of hydrogen-bond acceptors (Lipinski definition) is 2. The monoisotopic (exact) mass is 372 g/mol. The number of nitrogens with one attached hydrogen (secondary N) is 2. The van der Waals surface area contributed by atoms with Crippen LogP contribution in [0.2, 0.25) is 0 Å². The van der Waals surface area contributed by atoms with Gasteiger partial charge in [0.25, 0.3) is 0 Å². The van der Waals surface area contributed by atoms with Gasteiger partial charge in [-0.05, 0) is 68.7 Å². The van der Waals surface area contributed by atoms with Crippen LogP contribution in [0.1, 0.15) is 30.5 Å². The van der Waals surface area contributed by atoms with Crippen LogP contribution in [-0.4, -0.2) is 19.1 Å². The lowest BCUT2D eigenvalue weighted by Gasteiger charge is -2.22. The number of carbonyl (C=O) groups is 1. The number of anilines is 2. The lowest BCUT2D eigenvalue weighted by molar-refractivity contribution is -0.00000835. The number of halogens is 1. The van der Waals surface area contributed by atoms with Gasteiger partial charge in [0.1, 0.15) is 0 Å². The van der Waals surface area contributed by atoms with Crippen molar-refractivity contribution < 1.29 is 17.2 Å². The number of aryl methyl sites for hydroxylation is 2. The van der Waals surface area contributed by atoms with E-state index >= 15 is 0 Å². The van der Waals surface area contributed by atoms with Gasteiger partial charge in [-0.15, -0.1) is 0 Å². The van der Waals surface area contributed by atoms with E-state index in [1.165, 1.54) is 11.3 Å². The van der Waals surface area contributed by atoms with Crippen LogP contribution in [0, 0.1) is 13.8 Å². The molecule has 0 fully saturated rings. The summed E-state index contributed by atoms with van der Waals surface area (Å²) < 4.78 is 0. The Morgan fingerprint density at radius 1 is 1.04 bits per heavy atom. The Labute approximate surface area is 162 Å². The van der Waals surface area contributed by atoms with Crippen molar-refractivity contribution in [2.45, 2.75) is 27.7 Å². The fourth-order valence-electron chi connectivity index (χ4n) is 2.71. The standard InChI is InChI=1S/C21H27N3O.ClH/c1-5-24(6-2)19-11-12-20(17(4)15-19)23-21(25)22-14-13-18-10-8-7-9-16(18)3;/h7-15H,5-6H2,1-4H3,(H2,22,23,25);1H/p-1/b14-13+;. The third kappa shape index (κ3) is 5.81. The summed E-state index contributed by atoms with van der Waals surface area (Å²) in [5.74, 6) is 0. The van der Waals surface area contributed by atoms with Gasteiger partial charge in [-0.1, -0.05) is 24.3 Å². The van der Waals surface area contributed by atoms with Crippen LogP contribution in [0.5, 0.6) is 0 Å². The predicted molar refractivity (Wildman–Crippen MR) is 107 cm³/mol. The average Bonchev–Trinajstić information content (AvgIpc) is 2.60. The molecule has 0 aliphatic rings. The maximum Gasteiger partial charge on any atom is 0.323 e. The minimum atomic E-state index is -0.247. The lowest BCUT2D eigenvalue weighted by atomic mass is 10.1. The summed E-state index contributed by atoms with van der Waals surface area (Å²) in [6.07, 6.45) is 3.56. The highest BCUT2D eigenvalue weighted by molar-refractivity contribution is 5.91. The minimum absolute atomic E-state index is 0. The highest BCUT2D eigenvalue weighted by Gasteiger charge is 2.07. The molecule has 0 aromatic heterocycles. The Hall–Kier alpha value is -2.46. The predicted octanol–water partition coefficient (Wildman–Crippen LogP) is 1.95. The van der Waals surface area contributed by atoms with Crippen molar-refractivity contribution in [3.63, 3.8) is 0 Å². The Balaban J connectivity index is 0.00000338. The summed E-state index contributed by atoms with van der Waals surface area (Å²) in [5.41, 5.74) is 5.29. The number of rotatable bonds is 6. The topological polar surface area (TPSA) is 44.4 Å². The molecule has 2 aromatic carbocycles. The van der Waals surface area contributed by atoms with Crippen molar-refractivity contribution in [2.75, 3.05) is 23.3 Å². The highest BCUT2D eigenvalue weighted by Crippen LogP contribution is 2.22. The van der Waals surface area contributed by atoms with E-state index in [0.29, 0.717) is 0 Å². The number of nitrogens with zero attached hydrogens (tertiary/aromatic N) is 1. The molecule has 0 aliphatic heterocycles. The van der Waals surface area contributed by atoms with Crippen LogP contribution in [0.15, 0.2) is 48.7 Å². The molecular weight excluding hydrogens is 346 g/mol. The molecular formula is C21H27ClN3O-. The largest absolute Gasteiger partial charge is 1.00 e. The van der Waals surface area contributed by atoms with Crippen LogP contribution >= 0.6 is 0 Å². The van der Waals surface area contributed by atoms with E-state index in [9.17, 15) is 4.79 Å². The van der Waals surface area contributed by atoms with E-state index in [1.54, 1.807) is 6.20 Å². The summed E-state index contributed by atoms with van der Waals surface area (Å²) in [6, 6.07) is 13.9. The second-order valence-electron chi connectivity index (χ2n) is 5.96. The van der Waals surface area contributed by atoms with E-state index in [-0.39, 0.29) is 18.4 Å². The van der Waals surface area contributed by atoms with E-state index in [0.717, 1.165) is 29.9 Å². The van der Waals surface area contributed by atoms with Crippen molar-refractivity contribution in [1.29, 1.82) is 0 Å². The minimum Gasteiger partial charge on any atom is -1.00 e. The van der Waals surface area contributed by atoms with Gasteiger partial charge in [-0.25, -0.2) is 4.79 Å². The number of amides is 2. The lowest BCUT2D eigenvalue weighted by Crippen LogP contribution is -3.00. The first-order valence-corrected chi connectivity index (χ1v) is 8.70. The van der Waals surface area contributed by atoms with Gasteiger partial charge in [0.05, 0.1) is 0 Å². The van der Waals surface area contributed by atoms with Gasteiger partial charge in [0.15, 0.2) is 0 Å². The summed E-state index contributed by atoms with van der Waals surface area (Å²) in [7, 11) is 0. The maximum absolute atomic E-state index is 12.1. The quantitative estimate of drug-likeness (QED) is 0.814. The SMILES string of the molecule is CCN(CC)c1ccc(NC(=O)N/C=C/c2ccccc2C)c(C)c1.[Cl-]. The number of hydrogen-bond donors (Lipinski definition) is 2. The molecule has 2 N–H and O–H groups in total. The molecule has 0 radical (unpaired) electrons. The van der Waals surface area contributed by atoms with Crippen molar-refractivity contribution in [3.05, 3.63) is 65.4 Å². The molecule has 0 atom stereocenters. The molecule has 5 heteroatoms. The molecule has 26 heavy (non-hydrogen) atoms. The molecule has 2 amide bonds. The summed E-state index contributed by atoms with van der Waals surface area (Å²) in [4.78, 5) is 14.4. The normalized spacial score (nSPS) is 10.3. The van der Waals surface area contributed by atoms with E-state index < -0.39 is 0 Å². The molecule has 0 bridgehead atoms.